The number of hydrogen-bond donors (Lipinski definition) is 0. The Morgan fingerprint density at radius 3 is 1.95 bits per heavy atom. The van der Waals surface area contributed by atoms with Crippen molar-refractivity contribution in [3.05, 3.63) is 28.6 Å². The fraction of sp³-hybridized carbons (Fsp3) is 0.462. The fourth-order valence-electron chi connectivity index (χ4n) is 4.01. The maximum atomic E-state index is 12.8. The van der Waals surface area contributed by atoms with Gasteiger partial charge in [0.25, 0.3) is 5.75 Å². The summed E-state index contributed by atoms with van der Waals surface area (Å²) in [6.07, 6.45) is -7.62. The summed E-state index contributed by atoms with van der Waals surface area (Å²) in [7, 11) is 1.39. The molecule has 15 nitrogen and oxygen atoms in total. The lowest BCUT2D eigenvalue weighted by molar-refractivity contribution is -0.288. The van der Waals surface area contributed by atoms with Crippen LogP contribution in [0.3, 0.4) is 0 Å². The van der Waals surface area contributed by atoms with E-state index in [4.69, 9.17) is 42.3 Å². The molecule has 1 aliphatic heterocycles. The van der Waals surface area contributed by atoms with Crippen molar-refractivity contribution in [2.45, 2.75) is 65.3 Å². The van der Waals surface area contributed by atoms with Crippen LogP contribution in [0.25, 0.3) is 11.0 Å². The van der Waals surface area contributed by atoms with Gasteiger partial charge in [0.15, 0.2) is 18.0 Å². The minimum atomic E-state index is -1.71. The molecule has 0 unspecified atom stereocenters. The van der Waals surface area contributed by atoms with E-state index in [-0.39, 0.29) is 16.7 Å². The molecule has 15 heteroatoms. The summed E-state index contributed by atoms with van der Waals surface area (Å²) in [5.74, 6) is -4.85. The van der Waals surface area contributed by atoms with Gasteiger partial charge in [0, 0.05) is 40.7 Å². The van der Waals surface area contributed by atoms with Crippen molar-refractivity contribution in [2.24, 2.45) is 0 Å². The average Bonchev–Trinajstić information content (AvgIpc) is 2.86. The fourth-order valence-corrected chi connectivity index (χ4v) is 4.01. The van der Waals surface area contributed by atoms with Crippen LogP contribution in [0.15, 0.2) is 27.4 Å². The lowest BCUT2D eigenvalue weighted by Crippen LogP contribution is -2.63. The van der Waals surface area contributed by atoms with Crippen LogP contribution >= 0.6 is 0 Å². The molecule has 41 heavy (non-hydrogen) atoms. The average molecular weight is 580 g/mol. The topological polar surface area (TPSA) is 189 Å². The predicted molar refractivity (Wildman–Crippen MR) is 133 cm³/mol. The SMILES string of the molecule is COc1ccc2c(O[C@@H]3O[C@H](COC(C)=O)[C@@H](OC(C)=O)[C@H](OC(C)=O)[C@H]3OC(C)=O)c(OC(C)=O)c(=O)oc2c1. The highest BCUT2D eigenvalue weighted by Crippen LogP contribution is 2.38. The van der Waals surface area contributed by atoms with Gasteiger partial charge in [-0.05, 0) is 12.1 Å². The van der Waals surface area contributed by atoms with E-state index in [1.54, 1.807) is 0 Å². The van der Waals surface area contributed by atoms with Gasteiger partial charge in [-0.2, -0.15) is 0 Å². The summed E-state index contributed by atoms with van der Waals surface area (Å²) in [6, 6.07) is 4.30. The van der Waals surface area contributed by atoms with Crippen molar-refractivity contribution in [1.29, 1.82) is 0 Å². The number of fused-ring (bicyclic) bond motifs is 1. The maximum absolute atomic E-state index is 12.8. The highest BCUT2D eigenvalue weighted by Gasteiger charge is 2.53. The summed E-state index contributed by atoms with van der Waals surface area (Å²) in [4.78, 5) is 72.4. The van der Waals surface area contributed by atoms with E-state index in [9.17, 15) is 28.8 Å². The van der Waals surface area contributed by atoms with Crippen molar-refractivity contribution in [1.82, 2.24) is 0 Å². The Balaban J connectivity index is 2.21. The predicted octanol–water partition coefficient (Wildman–Crippen LogP) is 1.19. The van der Waals surface area contributed by atoms with Crippen LogP contribution in [0.5, 0.6) is 17.2 Å². The Kier molecular flexibility index (Phi) is 9.89. The van der Waals surface area contributed by atoms with E-state index in [0.717, 1.165) is 34.6 Å². The lowest BCUT2D eigenvalue weighted by Gasteiger charge is -2.44. The number of methoxy groups -OCH3 is 1. The molecular formula is C26H28O15. The van der Waals surface area contributed by atoms with E-state index in [0.29, 0.717) is 5.75 Å². The zero-order valence-electron chi connectivity index (χ0n) is 22.9. The smallest absolute Gasteiger partial charge is 0.383 e. The monoisotopic (exact) mass is 580 g/mol. The van der Waals surface area contributed by atoms with Crippen LogP contribution < -0.4 is 19.8 Å². The number of esters is 5. The van der Waals surface area contributed by atoms with Crippen LogP contribution in [0, 0.1) is 0 Å². The van der Waals surface area contributed by atoms with Gasteiger partial charge in [-0.3, -0.25) is 24.0 Å². The zero-order chi connectivity index (χ0) is 30.4. The molecule has 1 aromatic heterocycles. The maximum Gasteiger partial charge on any atom is 0.383 e. The standard InChI is InChI=1S/C26H28O15/c1-11(27)34-10-19-21(35-12(2)28)22(36-13(3)29)24(38-15(5)31)26(40-19)41-20-17-8-7-16(33-6)9-18(17)39-25(32)23(20)37-14(4)30/h7-9,19,21-22,24,26H,10H2,1-6H3/t19-,21-,22+,24-,26+/m1/s1. The molecule has 0 amide bonds. The van der Waals surface area contributed by atoms with E-state index in [1.165, 1.54) is 25.3 Å². The molecule has 0 bridgehead atoms. The number of hydrogen-bond acceptors (Lipinski definition) is 15. The van der Waals surface area contributed by atoms with Crippen molar-refractivity contribution in [3.63, 3.8) is 0 Å². The van der Waals surface area contributed by atoms with Gasteiger partial charge in [0.1, 0.15) is 24.0 Å². The summed E-state index contributed by atoms with van der Waals surface area (Å²) >= 11 is 0. The Hall–Kier alpha value is -4.66. The van der Waals surface area contributed by atoms with Crippen LogP contribution in [-0.2, 0) is 47.7 Å². The third-order valence-electron chi connectivity index (χ3n) is 5.46. The quantitative estimate of drug-likeness (QED) is 0.233. The minimum Gasteiger partial charge on any atom is -0.497 e. The van der Waals surface area contributed by atoms with E-state index >= 15 is 0 Å². The second kappa shape index (κ2) is 13.1. The molecule has 1 fully saturated rings. The summed E-state index contributed by atoms with van der Waals surface area (Å²) in [5.41, 5.74) is -1.15. The molecule has 0 aliphatic carbocycles. The van der Waals surface area contributed by atoms with Crippen LogP contribution in [0.4, 0.5) is 0 Å². The summed E-state index contributed by atoms with van der Waals surface area (Å²) in [6.45, 7) is 4.84. The van der Waals surface area contributed by atoms with Gasteiger partial charge in [0.2, 0.25) is 12.4 Å². The lowest BCUT2D eigenvalue weighted by atomic mass is 9.98. The summed E-state index contributed by atoms with van der Waals surface area (Å²) in [5, 5.41) is 0.106. The van der Waals surface area contributed by atoms with Gasteiger partial charge in [0.05, 0.1) is 12.5 Å². The van der Waals surface area contributed by atoms with Crippen LogP contribution in [0.1, 0.15) is 34.6 Å². The van der Waals surface area contributed by atoms with Crippen LogP contribution in [-0.4, -0.2) is 74.3 Å². The third-order valence-corrected chi connectivity index (χ3v) is 5.46. The number of benzene rings is 1. The number of carbonyl (C=O) groups is 5. The molecule has 0 saturated carbocycles. The Morgan fingerprint density at radius 1 is 0.780 bits per heavy atom. The molecule has 1 aliphatic rings. The second-order valence-electron chi connectivity index (χ2n) is 8.69. The molecule has 1 saturated heterocycles. The van der Waals surface area contributed by atoms with Gasteiger partial charge in [-0.15, -0.1) is 0 Å². The number of ether oxygens (including phenoxy) is 8. The Labute approximate surface area is 232 Å². The first-order valence-corrected chi connectivity index (χ1v) is 12.1. The molecule has 1 aromatic carbocycles. The second-order valence-corrected chi connectivity index (χ2v) is 8.69. The molecule has 0 N–H and O–H groups in total. The van der Waals surface area contributed by atoms with Crippen LogP contribution in [0.2, 0.25) is 0 Å². The van der Waals surface area contributed by atoms with Gasteiger partial charge in [-0.1, -0.05) is 0 Å². The number of rotatable bonds is 9. The van der Waals surface area contributed by atoms with E-state index in [1.807, 2.05) is 0 Å². The molecule has 0 radical (unpaired) electrons. The first-order valence-electron chi connectivity index (χ1n) is 12.1. The molecular weight excluding hydrogens is 552 g/mol. The normalized spacial score (nSPS) is 21.8. The van der Waals surface area contributed by atoms with Crippen molar-refractivity contribution >= 4 is 40.8 Å². The molecule has 3 rings (SSSR count). The Bertz CT molecular complexity index is 1390. The minimum absolute atomic E-state index is 0.0362. The third kappa shape index (κ3) is 7.72. The van der Waals surface area contributed by atoms with Crippen molar-refractivity contribution in [3.8, 4) is 17.2 Å². The van der Waals surface area contributed by atoms with Crippen molar-refractivity contribution < 1.29 is 66.3 Å². The van der Waals surface area contributed by atoms with E-state index < -0.39 is 78.5 Å². The van der Waals surface area contributed by atoms with E-state index in [2.05, 4.69) is 0 Å². The Morgan fingerprint density at radius 2 is 1.39 bits per heavy atom. The first-order chi connectivity index (χ1) is 19.3. The summed E-state index contributed by atoms with van der Waals surface area (Å²) < 4.78 is 48.6. The zero-order valence-corrected chi connectivity index (χ0v) is 22.9. The highest BCUT2D eigenvalue weighted by molar-refractivity contribution is 5.87. The van der Waals surface area contributed by atoms with Gasteiger partial charge in [-0.25, -0.2) is 4.79 Å². The molecule has 222 valence electrons. The highest BCUT2D eigenvalue weighted by atomic mass is 16.7. The number of carbonyl (C=O) groups excluding carboxylic acids is 5. The molecule has 0 spiro atoms. The van der Waals surface area contributed by atoms with Gasteiger partial charge >= 0.3 is 35.5 Å². The van der Waals surface area contributed by atoms with Gasteiger partial charge < -0.3 is 42.3 Å². The largest absolute Gasteiger partial charge is 0.497 e. The molecule has 5 atom stereocenters. The van der Waals surface area contributed by atoms with Crippen molar-refractivity contribution in [2.75, 3.05) is 13.7 Å². The first kappa shape index (κ1) is 30.9. The molecule has 2 aromatic rings. The molecule has 2 heterocycles.